The van der Waals surface area contributed by atoms with Gasteiger partial charge in [-0.1, -0.05) is 88.7 Å². The normalized spacial score (nSPS) is 12.0. The molecule has 0 fully saturated rings. The van der Waals surface area contributed by atoms with Gasteiger partial charge in [-0.3, -0.25) is 13.9 Å². The summed E-state index contributed by atoms with van der Waals surface area (Å²) in [4.78, 5) is 29.3. The van der Waals surface area contributed by atoms with Gasteiger partial charge in [0, 0.05) is 29.0 Å². The molecule has 0 spiro atoms. The van der Waals surface area contributed by atoms with E-state index in [0.29, 0.717) is 4.47 Å². The quantitative estimate of drug-likeness (QED) is 0.203. The first kappa shape index (κ1) is 31.9. The first-order chi connectivity index (χ1) is 20.6. The third-order valence-electron chi connectivity index (χ3n) is 6.71. The Morgan fingerprint density at radius 2 is 1.49 bits per heavy atom. The van der Waals surface area contributed by atoms with Crippen LogP contribution in [0.1, 0.15) is 25.0 Å². The van der Waals surface area contributed by atoms with E-state index < -0.39 is 40.2 Å². The van der Waals surface area contributed by atoms with E-state index in [1.54, 1.807) is 60.7 Å². The van der Waals surface area contributed by atoms with Gasteiger partial charge in [0.1, 0.15) is 18.4 Å². The van der Waals surface area contributed by atoms with Crippen LogP contribution in [-0.4, -0.2) is 43.8 Å². The predicted molar refractivity (Wildman–Crippen MR) is 169 cm³/mol. The van der Waals surface area contributed by atoms with Crippen LogP contribution >= 0.6 is 15.9 Å². The number of carbonyl (C=O) groups is 2. The molecule has 0 radical (unpaired) electrons. The fraction of sp³-hybridized carbons (Fsp3) is 0.212. The summed E-state index contributed by atoms with van der Waals surface area (Å²) in [5.74, 6) is -1.63. The molecule has 0 bridgehead atoms. The van der Waals surface area contributed by atoms with Crippen LogP contribution in [0.2, 0.25) is 0 Å². The van der Waals surface area contributed by atoms with Crippen molar-refractivity contribution in [3.05, 3.63) is 131 Å². The number of rotatable bonds is 12. The molecule has 1 N–H and O–H groups in total. The Morgan fingerprint density at radius 1 is 0.860 bits per heavy atom. The van der Waals surface area contributed by atoms with Crippen molar-refractivity contribution in [2.45, 2.75) is 43.8 Å². The smallest absolute Gasteiger partial charge is 0.264 e. The monoisotopic (exact) mass is 665 g/mol. The molecule has 0 saturated carbocycles. The summed E-state index contributed by atoms with van der Waals surface area (Å²) in [6.45, 7) is 2.75. The predicted octanol–water partition coefficient (Wildman–Crippen LogP) is 5.95. The van der Waals surface area contributed by atoms with Gasteiger partial charge < -0.3 is 10.2 Å². The molecule has 10 heteroatoms. The Kier molecular flexibility index (Phi) is 10.7. The number of nitrogens with zero attached hydrogens (tertiary/aromatic N) is 2. The van der Waals surface area contributed by atoms with Gasteiger partial charge in [-0.2, -0.15) is 0 Å². The Labute approximate surface area is 260 Å². The van der Waals surface area contributed by atoms with E-state index >= 15 is 0 Å². The minimum atomic E-state index is -4.21. The number of nitrogens with one attached hydrogen (secondary N) is 1. The number of hydrogen-bond acceptors (Lipinski definition) is 4. The number of carbonyl (C=O) groups excluding carboxylic acids is 2. The third kappa shape index (κ3) is 8.30. The van der Waals surface area contributed by atoms with E-state index in [-0.39, 0.29) is 35.2 Å². The summed E-state index contributed by atoms with van der Waals surface area (Å²) in [5.41, 5.74) is 1.24. The molecule has 7 nitrogen and oxygen atoms in total. The van der Waals surface area contributed by atoms with Gasteiger partial charge in [0.05, 0.1) is 10.6 Å². The lowest BCUT2D eigenvalue weighted by Gasteiger charge is -2.34. The van der Waals surface area contributed by atoms with E-state index in [4.69, 9.17) is 0 Å². The van der Waals surface area contributed by atoms with E-state index in [0.717, 1.165) is 9.87 Å². The van der Waals surface area contributed by atoms with Crippen molar-refractivity contribution in [1.82, 2.24) is 10.2 Å². The largest absolute Gasteiger partial charge is 0.352 e. The summed E-state index contributed by atoms with van der Waals surface area (Å²) >= 11 is 3.39. The van der Waals surface area contributed by atoms with Crippen LogP contribution in [0.25, 0.3) is 0 Å². The second-order valence-electron chi connectivity index (χ2n) is 10.3. The van der Waals surface area contributed by atoms with Gasteiger partial charge in [-0.25, -0.2) is 12.8 Å². The van der Waals surface area contributed by atoms with Crippen molar-refractivity contribution in [1.29, 1.82) is 0 Å². The minimum absolute atomic E-state index is 0.00168. The number of halogens is 2. The fourth-order valence-corrected chi connectivity index (χ4v) is 6.44. The summed E-state index contributed by atoms with van der Waals surface area (Å²) in [7, 11) is -4.21. The molecule has 0 unspecified atom stereocenters. The number of benzene rings is 4. The molecule has 1 atom stereocenters. The molecule has 0 aliphatic rings. The number of hydrogen-bond donors (Lipinski definition) is 1. The highest BCUT2D eigenvalue weighted by atomic mass is 79.9. The van der Waals surface area contributed by atoms with Crippen LogP contribution in [0.5, 0.6) is 0 Å². The summed E-state index contributed by atoms with van der Waals surface area (Å²) < 4.78 is 44.5. The zero-order chi connectivity index (χ0) is 31.0. The molecule has 0 saturated heterocycles. The maximum absolute atomic E-state index is 14.9. The van der Waals surface area contributed by atoms with Crippen molar-refractivity contribution in [2.75, 3.05) is 10.8 Å². The van der Waals surface area contributed by atoms with Gasteiger partial charge >= 0.3 is 0 Å². The molecular weight excluding hydrogens is 633 g/mol. The molecule has 0 aliphatic heterocycles. The lowest BCUT2D eigenvalue weighted by Crippen LogP contribution is -2.54. The highest BCUT2D eigenvalue weighted by Crippen LogP contribution is 2.27. The highest BCUT2D eigenvalue weighted by Gasteiger charge is 2.35. The average Bonchev–Trinajstić information content (AvgIpc) is 2.99. The highest BCUT2D eigenvalue weighted by molar-refractivity contribution is 9.10. The lowest BCUT2D eigenvalue weighted by molar-refractivity contribution is -0.140. The molecule has 4 aromatic rings. The molecule has 0 heterocycles. The summed E-state index contributed by atoms with van der Waals surface area (Å²) in [6.07, 6.45) is 0.141. The molecule has 4 aromatic carbocycles. The molecule has 2 amide bonds. The number of amides is 2. The summed E-state index contributed by atoms with van der Waals surface area (Å²) in [6, 6.07) is 28.3. The molecule has 4 rings (SSSR count). The van der Waals surface area contributed by atoms with Crippen LogP contribution in [0.15, 0.2) is 119 Å². The van der Waals surface area contributed by atoms with Gasteiger partial charge in [0.15, 0.2) is 0 Å². The number of anilines is 1. The average molecular weight is 667 g/mol. The Morgan fingerprint density at radius 3 is 2.12 bits per heavy atom. The van der Waals surface area contributed by atoms with Crippen LogP contribution in [0.3, 0.4) is 0 Å². The summed E-state index contributed by atoms with van der Waals surface area (Å²) in [5, 5.41) is 2.88. The molecular formula is C33H33BrFN3O4S. The van der Waals surface area contributed by atoms with Gasteiger partial charge in [0.2, 0.25) is 11.8 Å². The van der Waals surface area contributed by atoms with Gasteiger partial charge in [-0.15, -0.1) is 0 Å². The zero-order valence-corrected chi connectivity index (χ0v) is 26.3. The van der Waals surface area contributed by atoms with E-state index in [2.05, 4.69) is 21.2 Å². The van der Waals surface area contributed by atoms with Crippen LogP contribution in [-0.2, 0) is 32.6 Å². The maximum atomic E-state index is 14.9. The third-order valence-corrected chi connectivity index (χ3v) is 8.99. The SMILES string of the molecule is CC(C)NC(=O)[C@H](Cc1ccccc1)N(Cc1ccccc1F)C(=O)CN(c1cccc(Br)c1)S(=O)(=O)c1ccccc1. The van der Waals surface area contributed by atoms with Gasteiger partial charge in [-0.05, 0) is 55.8 Å². The molecule has 0 aromatic heterocycles. The first-order valence-electron chi connectivity index (χ1n) is 13.8. The van der Waals surface area contributed by atoms with Crippen molar-refractivity contribution in [3.63, 3.8) is 0 Å². The van der Waals surface area contributed by atoms with Crippen molar-refractivity contribution in [3.8, 4) is 0 Å². The first-order valence-corrected chi connectivity index (χ1v) is 16.0. The Bertz CT molecular complexity index is 1650. The molecule has 224 valence electrons. The van der Waals surface area contributed by atoms with E-state index in [1.807, 2.05) is 44.2 Å². The Balaban J connectivity index is 1.81. The maximum Gasteiger partial charge on any atom is 0.264 e. The van der Waals surface area contributed by atoms with Crippen LogP contribution < -0.4 is 9.62 Å². The Hall–Kier alpha value is -4.02. The fourth-order valence-electron chi connectivity index (χ4n) is 4.62. The number of sulfonamides is 1. The topological polar surface area (TPSA) is 86.8 Å². The minimum Gasteiger partial charge on any atom is -0.352 e. The standard InChI is InChI=1S/C33H33BrFN3O4S/c1-24(2)36-33(40)31(20-25-12-5-3-6-13-25)37(22-26-14-9-10-19-30(26)35)32(39)23-38(28-16-11-15-27(34)21-28)43(41,42)29-17-7-4-8-18-29/h3-19,21,24,31H,20,22-23H2,1-2H3,(H,36,40)/t31-/m0/s1. The van der Waals surface area contributed by atoms with E-state index in [1.165, 1.54) is 23.1 Å². The molecule has 43 heavy (non-hydrogen) atoms. The van der Waals surface area contributed by atoms with E-state index in [9.17, 15) is 22.4 Å². The van der Waals surface area contributed by atoms with Crippen molar-refractivity contribution in [2.24, 2.45) is 0 Å². The lowest BCUT2D eigenvalue weighted by atomic mass is 10.0. The van der Waals surface area contributed by atoms with Crippen LogP contribution in [0, 0.1) is 5.82 Å². The molecule has 0 aliphatic carbocycles. The van der Waals surface area contributed by atoms with Gasteiger partial charge in [0.25, 0.3) is 10.0 Å². The van der Waals surface area contributed by atoms with Crippen LogP contribution in [0.4, 0.5) is 10.1 Å². The zero-order valence-electron chi connectivity index (χ0n) is 23.9. The van der Waals surface area contributed by atoms with Crippen molar-refractivity contribution < 1.29 is 22.4 Å². The second-order valence-corrected chi connectivity index (χ2v) is 13.1. The second kappa shape index (κ2) is 14.4. The van der Waals surface area contributed by atoms with Crippen molar-refractivity contribution >= 4 is 43.5 Å².